The first-order chi connectivity index (χ1) is 10.5. The van der Waals surface area contributed by atoms with Gasteiger partial charge in [-0.1, -0.05) is 10.0 Å². The van der Waals surface area contributed by atoms with Crippen molar-refractivity contribution in [1.29, 1.82) is 0 Å². The Labute approximate surface area is 105 Å². The van der Waals surface area contributed by atoms with Crippen molar-refractivity contribution in [3.63, 3.8) is 0 Å². The molecule has 1 aliphatic rings. The van der Waals surface area contributed by atoms with Crippen LogP contribution in [-0.4, -0.2) is 55.2 Å². The fourth-order valence-electron chi connectivity index (χ4n) is 0.845. The third-order valence-electron chi connectivity index (χ3n) is 1.57. The number of hydrogen-bond acceptors (Lipinski definition) is 8. The van der Waals surface area contributed by atoms with Crippen molar-refractivity contribution in [2.75, 3.05) is 19.6 Å². The lowest BCUT2D eigenvalue weighted by atomic mass is 10.1. The Morgan fingerprint density at radius 1 is 0.889 bits per heavy atom. The number of nitro groups is 4. The fourth-order valence-corrected chi connectivity index (χ4v) is 0.845. The molecule has 14 nitrogen and oxygen atoms in total. The lowest BCUT2D eigenvalue weighted by Crippen LogP contribution is -2.68. The molecule has 1 fully saturated rings. The highest BCUT2D eigenvalue weighted by molar-refractivity contribution is 4.76. The summed E-state index contributed by atoms with van der Waals surface area (Å²) < 4.78 is 44.0. The van der Waals surface area contributed by atoms with Gasteiger partial charge in [0.15, 0.2) is 10.1 Å². The van der Waals surface area contributed by atoms with Crippen molar-refractivity contribution in [3.8, 4) is 0 Å². The minimum absolute atomic E-state index is 1.38. The van der Waals surface area contributed by atoms with E-state index in [0.717, 1.165) is 0 Å². The predicted octanol–water partition coefficient (Wildman–Crippen LogP) is -1.81. The van der Waals surface area contributed by atoms with E-state index >= 15 is 0 Å². The normalized spacial score (nSPS) is 31.6. The van der Waals surface area contributed by atoms with E-state index < -0.39 is 55.2 Å². The summed E-state index contributed by atoms with van der Waals surface area (Å²) in [6.45, 7) is -13.3. The van der Waals surface area contributed by atoms with Gasteiger partial charge in [-0.05, 0) is 0 Å². The molecule has 0 aromatic heterocycles. The summed E-state index contributed by atoms with van der Waals surface area (Å²) in [7, 11) is 0. The maximum Gasteiger partial charge on any atom is 0.503 e. The quantitative estimate of drug-likeness (QED) is 0.321. The summed E-state index contributed by atoms with van der Waals surface area (Å²) in [5.41, 5.74) is -4.83. The van der Waals surface area contributed by atoms with Gasteiger partial charge in [0, 0.05) is 0 Å². The summed E-state index contributed by atoms with van der Waals surface area (Å²) >= 11 is 0. The van der Waals surface area contributed by atoms with Crippen molar-refractivity contribution in [2.45, 2.75) is 5.66 Å². The molecule has 18 heavy (non-hydrogen) atoms. The Hall–Kier alpha value is -2.80. The van der Waals surface area contributed by atoms with Crippen molar-refractivity contribution in [3.05, 3.63) is 40.5 Å². The fraction of sp³-hybridized carbons (Fsp3) is 1.00. The highest BCUT2D eigenvalue weighted by Crippen LogP contribution is 2.21. The van der Waals surface area contributed by atoms with E-state index in [-0.39, 0.29) is 0 Å². The molecule has 0 unspecified atom stereocenters. The van der Waals surface area contributed by atoms with Crippen LogP contribution in [0.1, 0.15) is 8.22 Å². The van der Waals surface area contributed by atoms with Crippen LogP contribution in [0.4, 0.5) is 0 Å². The minimum atomic E-state index is -4.83. The van der Waals surface area contributed by atoms with Gasteiger partial charge in [0.2, 0.25) is 19.6 Å². The molecular weight excluding hydrogens is 260 g/mol. The highest BCUT2D eigenvalue weighted by Gasteiger charge is 2.66. The Morgan fingerprint density at radius 2 is 1.22 bits per heavy atom. The van der Waals surface area contributed by atoms with E-state index in [1.54, 1.807) is 0 Å². The zero-order valence-corrected chi connectivity index (χ0v) is 7.95. The first kappa shape index (κ1) is 6.82. The largest absolute Gasteiger partial charge is 0.503 e. The van der Waals surface area contributed by atoms with E-state index in [4.69, 9.17) is 8.22 Å². The molecule has 0 aliphatic carbocycles. The maximum absolute atomic E-state index is 11.2. The molecular formula is C4H6N6O8. The summed E-state index contributed by atoms with van der Waals surface area (Å²) in [4.78, 5) is 39.8. The predicted molar refractivity (Wildman–Crippen MR) is 49.0 cm³/mol. The lowest BCUT2D eigenvalue weighted by Gasteiger charge is -2.28. The Bertz CT molecular complexity index is 587. The van der Waals surface area contributed by atoms with E-state index in [9.17, 15) is 40.5 Å². The number of hydrazine groups is 2. The third-order valence-corrected chi connectivity index (χ3v) is 1.57. The zero-order chi connectivity index (χ0) is 19.5. The van der Waals surface area contributed by atoms with Crippen LogP contribution in [0.25, 0.3) is 0 Å². The van der Waals surface area contributed by atoms with Gasteiger partial charge >= 0.3 is 5.66 Å². The minimum Gasteiger partial charge on any atom is -0.258 e. The van der Waals surface area contributed by atoms with Crippen molar-refractivity contribution < 1.29 is 28.1 Å². The smallest absolute Gasteiger partial charge is 0.258 e. The molecule has 1 aliphatic heterocycles. The summed E-state index contributed by atoms with van der Waals surface area (Å²) in [6, 6.07) is 0. The Kier molecular flexibility index (Phi) is 1.60. The van der Waals surface area contributed by atoms with Crippen molar-refractivity contribution >= 4 is 0 Å². The van der Waals surface area contributed by atoms with Gasteiger partial charge < -0.3 is 0 Å². The van der Waals surface area contributed by atoms with Crippen LogP contribution in [0, 0.1) is 40.5 Å². The summed E-state index contributed by atoms with van der Waals surface area (Å²) in [5, 5.41) is 37.4. The number of rotatable bonds is 4. The van der Waals surface area contributed by atoms with Crippen LogP contribution in [0.2, 0.25) is 0 Å². The second kappa shape index (κ2) is 4.22. The van der Waals surface area contributed by atoms with E-state index in [1.165, 1.54) is 0 Å². The van der Waals surface area contributed by atoms with E-state index in [0.29, 0.717) is 0 Å². The molecule has 14 heteroatoms. The first-order valence-corrected chi connectivity index (χ1v) is 3.70. The molecule has 0 amide bonds. The number of nitrogens with zero attached hydrogens (tertiary/aromatic N) is 6. The van der Waals surface area contributed by atoms with Crippen molar-refractivity contribution in [1.82, 2.24) is 10.0 Å². The molecule has 0 saturated carbocycles. The number of hydrogen-bond donors (Lipinski definition) is 0. The summed E-state index contributed by atoms with van der Waals surface area (Å²) in [5.74, 6) is 0. The van der Waals surface area contributed by atoms with Gasteiger partial charge in [-0.3, -0.25) is 20.2 Å². The average molecular weight is 272 g/mol. The Balaban J connectivity index is 4.09. The molecule has 0 aromatic rings. The highest BCUT2D eigenvalue weighted by atomic mass is 16.7. The lowest BCUT2D eigenvalue weighted by molar-refractivity contribution is -0.837. The van der Waals surface area contributed by atoms with Crippen LogP contribution in [0.15, 0.2) is 0 Å². The SMILES string of the molecule is [2H]C1([2H])N([N+](=O)[O-])C([2H])([2H])C([N+](=O)[O-])([N+](=O)[O-])C([2H])([2H])N1[N+](=O)[O-]. The topological polar surface area (TPSA) is 179 Å². The van der Waals surface area contributed by atoms with Gasteiger partial charge in [0.05, 0.1) is 8.22 Å². The molecule has 0 radical (unpaired) electrons. The molecule has 0 bridgehead atoms. The van der Waals surface area contributed by atoms with Crippen LogP contribution in [0.5, 0.6) is 0 Å². The molecule has 1 rings (SSSR count). The van der Waals surface area contributed by atoms with Gasteiger partial charge in [-0.25, -0.2) is 20.2 Å². The molecule has 0 spiro atoms. The molecule has 0 atom stereocenters. The van der Waals surface area contributed by atoms with Crippen LogP contribution in [0.3, 0.4) is 0 Å². The molecule has 100 valence electrons. The van der Waals surface area contributed by atoms with E-state index in [1.807, 2.05) is 0 Å². The monoisotopic (exact) mass is 272 g/mol. The van der Waals surface area contributed by atoms with Crippen LogP contribution < -0.4 is 0 Å². The van der Waals surface area contributed by atoms with Gasteiger partial charge in [0.1, 0.15) is 9.85 Å². The summed E-state index contributed by atoms with van der Waals surface area (Å²) in [6.07, 6.45) is 0. The second-order valence-corrected chi connectivity index (χ2v) is 2.61. The van der Waals surface area contributed by atoms with E-state index in [2.05, 4.69) is 0 Å². The molecule has 1 saturated heterocycles. The van der Waals surface area contributed by atoms with Gasteiger partial charge in [-0.2, -0.15) is 0 Å². The van der Waals surface area contributed by atoms with Crippen LogP contribution >= 0.6 is 0 Å². The zero-order valence-electron chi connectivity index (χ0n) is 13.9. The average Bonchev–Trinajstić information content (AvgIpc) is 2.20. The van der Waals surface area contributed by atoms with Crippen molar-refractivity contribution in [2.24, 2.45) is 0 Å². The standard InChI is InChI=1S/C4H6N6O8/c11-7(12)4(8(13)14)1-5(9(15)16)3-6(2-4)10(17)18/h1-3H2/i1D2,2D2,3D2. The molecule has 0 N–H and O–H groups in total. The second-order valence-electron chi connectivity index (χ2n) is 2.61. The van der Waals surface area contributed by atoms with Gasteiger partial charge in [0.25, 0.3) is 0 Å². The molecule has 1 heterocycles. The van der Waals surface area contributed by atoms with Gasteiger partial charge in [-0.15, -0.1) is 0 Å². The third kappa shape index (κ3) is 2.02. The Morgan fingerprint density at radius 3 is 1.44 bits per heavy atom. The maximum atomic E-state index is 11.2. The molecule has 0 aromatic carbocycles. The van der Waals surface area contributed by atoms with Crippen LogP contribution in [-0.2, 0) is 0 Å². The first-order valence-electron chi connectivity index (χ1n) is 6.70.